The third-order valence-electron chi connectivity index (χ3n) is 6.43. The van der Waals surface area contributed by atoms with Gasteiger partial charge in [-0.25, -0.2) is 4.68 Å². The van der Waals surface area contributed by atoms with Crippen LogP contribution in [-0.2, 0) is 20.6 Å². The van der Waals surface area contributed by atoms with Crippen LogP contribution in [0.25, 0.3) is 0 Å². The highest BCUT2D eigenvalue weighted by Crippen LogP contribution is 2.36. The highest BCUT2D eigenvalue weighted by atomic mass is 31.2. The van der Waals surface area contributed by atoms with Crippen molar-refractivity contribution in [3.63, 3.8) is 0 Å². The van der Waals surface area contributed by atoms with Crippen LogP contribution in [0.2, 0.25) is 0 Å². The third kappa shape index (κ3) is 19.1. The van der Waals surface area contributed by atoms with Gasteiger partial charge in [0, 0.05) is 25.0 Å². The second kappa shape index (κ2) is 21.0. The summed E-state index contributed by atoms with van der Waals surface area (Å²) < 4.78 is 13.3. The van der Waals surface area contributed by atoms with E-state index in [2.05, 4.69) is 36.4 Å². The zero-order valence-corrected chi connectivity index (χ0v) is 24.9. The SMILES string of the molecule is CCCCCCCCCCCCCCCCCC(=O)NCC(C)(C)COP(C)OCn1cc(C)nn1. The molecule has 0 aliphatic carbocycles. The maximum Gasteiger partial charge on any atom is 0.220 e. The lowest BCUT2D eigenvalue weighted by molar-refractivity contribution is -0.121. The van der Waals surface area contributed by atoms with Gasteiger partial charge in [-0.2, -0.15) is 0 Å². The van der Waals surface area contributed by atoms with E-state index in [0.717, 1.165) is 18.5 Å². The van der Waals surface area contributed by atoms with Gasteiger partial charge in [-0.05, 0) is 13.3 Å². The van der Waals surface area contributed by atoms with E-state index in [4.69, 9.17) is 9.05 Å². The van der Waals surface area contributed by atoms with E-state index in [1.54, 1.807) is 4.68 Å². The minimum absolute atomic E-state index is 0.144. The number of carbonyl (C=O) groups excluding carboxylic acids is 1. The van der Waals surface area contributed by atoms with Crippen LogP contribution >= 0.6 is 8.38 Å². The second-order valence-electron chi connectivity index (χ2n) is 11.0. The van der Waals surface area contributed by atoms with Crippen LogP contribution < -0.4 is 5.32 Å². The molecule has 1 heterocycles. The van der Waals surface area contributed by atoms with Crippen molar-refractivity contribution in [3.8, 4) is 0 Å². The van der Waals surface area contributed by atoms with Crippen molar-refractivity contribution in [2.75, 3.05) is 19.8 Å². The number of amides is 1. The van der Waals surface area contributed by atoms with Crippen LogP contribution in [0.3, 0.4) is 0 Å². The van der Waals surface area contributed by atoms with Crippen molar-refractivity contribution in [1.29, 1.82) is 0 Å². The summed E-state index contributed by atoms with van der Waals surface area (Å²) in [4.78, 5) is 12.2. The minimum atomic E-state index is -1.01. The molecule has 1 aromatic heterocycles. The first-order valence-electron chi connectivity index (χ1n) is 14.5. The predicted octanol–water partition coefficient (Wildman–Crippen LogP) is 7.92. The Morgan fingerprint density at radius 1 is 0.917 bits per heavy atom. The van der Waals surface area contributed by atoms with E-state index in [9.17, 15) is 4.79 Å². The van der Waals surface area contributed by atoms with Crippen molar-refractivity contribution >= 4 is 14.3 Å². The average Bonchev–Trinajstić information content (AvgIpc) is 3.27. The molecule has 1 amide bonds. The number of aromatic nitrogens is 3. The Bertz CT molecular complexity index is 669. The van der Waals surface area contributed by atoms with Crippen LogP contribution in [0.1, 0.15) is 129 Å². The Morgan fingerprint density at radius 2 is 1.44 bits per heavy atom. The molecule has 1 rings (SSSR count). The summed E-state index contributed by atoms with van der Waals surface area (Å²) in [6.07, 6.45) is 22.5. The highest BCUT2D eigenvalue weighted by molar-refractivity contribution is 7.46. The molecule has 1 N–H and O–H groups in total. The maximum atomic E-state index is 12.2. The summed E-state index contributed by atoms with van der Waals surface area (Å²) in [5.41, 5.74) is 0.718. The van der Waals surface area contributed by atoms with Crippen molar-refractivity contribution in [2.45, 2.75) is 137 Å². The molecule has 210 valence electrons. The molecule has 8 heteroatoms. The summed E-state index contributed by atoms with van der Waals surface area (Å²) >= 11 is 0. The summed E-state index contributed by atoms with van der Waals surface area (Å²) in [6, 6.07) is 0. The Kier molecular flexibility index (Phi) is 19.2. The first-order valence-corrected chi connectivity index (χ1v) is 16.1. The summed E-state index contributed by atoms with van der Waals surface area (Å²) in [7, 11) is -1.01. The number of carbonyl (C=O) groups is 1. The quantitative estimate of drug-likeness (QED) is 0.109. The number of hydrogen-bond donors (Lipinski definition) is 1. The zero-order valence-electron chi connectivity index (χ0n) is 24.0. The molecule has 36 heavy (non-hydrogen) atoms. The first kappa shape index (κ1) is 33.0. The molecular weight excluding hydrogens is 471 g/mol. The fourth-order valence-corrected chi connectivity index (χ4v) is 4.92. The molecule has 0 aromatic carbocycles. The molecule has 0 aliphatic rings. The Labute approximate surface area is 222 Å². The van der Waals surface area contributed by atoms with Gasteiger partial charge in [0.15, 0.2) is 8.38 Å². The van der Waals surface area contributed by atoms with Crippen LogP contribution in [0.4, 0.5) is 0 Å². The van der Waals surface area contributed by atoms with Gasteiger partial charge in [0.25, 0.3) is 0 Å². The normalized spacial score (nSPS) is 12.7. The average molecular weight is 527 g/mol. The van der Waals surface area contributed by atoms with Crippen molar-refractivity contribution in [1.82, 2.24) is 20.3 Å². The summed E-state index contributed by atoms with van der Waals surface area (Å²) in [5, 5.41) is 11.0. The predicted molar refractivity (Wildman–Crippen MR) is 151 cm³/mol. The summed E-state index contributed by atoms with van der Waals surface area (Å²) in [6.45, 7) is 11.8. The van der Waals surface area contributed by atoms with E-state index in [0.29, 0.717) is 26.3 Å². The van der Waals surface area contributed by atoms with E-state index < -0.39 is 8.38 Å². The molecule has 0 spiro atoms. The van der Waals surface area contributed by atoms with Gasteiger partial charge in [0.05, 0.1) is 18.5 Å². The van der Waals surface area contributed by atoms with Gasteiger partial charge in [0.1, 0.15) is 6.73 Å². The van der Waals surface area contributed by atoms with Crippen LogP contribution in [0.5, 0.6) is 0 Å². The largest absolute Gasteiger partial charge is 0.355 e. The van der Waals surface area contributed by atoms with Crippen molar-refractivity contribution in [3.05, 3.63) is 11.9 Å². The molecule has 0 aliphatic heterocycles. The molecule has 1 atom stereocenters. The van der Waals surface area contributed by atoms with Crippen molar-refractivity contribution in [2.24, 2.45) is 5.41 Å². The van der Waals surface area contributed by atoms with Gasteiger partial charge in [-0.1, -0.05) is 116 Å². The number of rotatable bonds is 24. The Balaban J connectivity index is 1.92. The lowest BCUT2D eigenvalue weighted by Gasteiger charge is -2.26. The second-order valence-corrected chi connectivity index (χ2v) is 12.4. The Morgan fingerprint density at radius 3 is 1.94 bits per heavy atom. The van der Waals surface area contributed by atoms with Crippen molar-refractivity contribution < 1.29 is 13.8 Å². The Hall–Kier alpha value is -1.04. The zero-order chi connectivity index (χ0) is 26.5. The first-order chi connectivity index (χ1) is 17.3. The molecule has 1 unspecified atom stereocenters. The fraction of sp³-hybridized carbons (Fsp3) is 0.893. The van der Waals surface area contributed by atoms with Crippen LogP contribution in [0, 0.1) is 12.3 Å². The molecule has 7 nitrogen and oxygen atoms in total. The van der Waals surface area contributed by atoms with E-state index in [1.165, 1.54) is 83.5 Å². The minimum Gasteiger partial charge on any atom is -0.355 e. The monoisotopic (exact) mass is 526 g/mol. The molecule has 0 saturated carbocycles. The number of unbranched alkanes of at least 4 members (excludes halogenated alkanes) is 14. The molecule has 0 radical (unpaired) electrons. The third-order valence-corrected chi connectivity index (χ3v) is 7.41. The van der Waals surface area contributed by atoms with Gasteiger partial charge in [-0.15, -0.1) is 5.10 Å². The van der Waals surface area contributed by atoms with Crippen LogP contribution in [-0.4, -0.2) is 40.7 Å². The number of nitrogens with zero attached hydrogens (tertiary/aromatic N) is 3. The van der Waals surface area contributed by atoms with Crippen LogP contribution in [0.15, 0.2) is 6.20 Å². The highest BCUT2D eigenvalue weighted by Gasteiger charge is 2.21. The number of nitrogens with one attached hydrogen (secondary N) is 1. The van der Waals surface area contributed by atoms with Gasteiger partial charge < -0.3 is 14.4 Å². The summed E-state index contributed by atoms with van der Waals surface area (Å²) in [5.74, 6) is 0.148. The van der Waals surface area contributed by atoms with Gasteiger partial charge in [-0.3, -0.25) is 4.79 Å². The molecule has 0 fully saturated rings. The molecule has 1 aromatic rings. The number of hydrogen-bond acceptors (Lipinski definition) is 5. The maximum absolute atomic E-state index is 12.2. The molecule has 0 saturated heterocycles. The van der Waals surface area contributed by atoms with Gasteiger partial charge >= 0.3 is 0 Å². The molecular formula is C28H55N4O3P. The molecule has 0 bridgehead atoms. The van der Waals surface area contributed by atoms with E-state index >= 15 is 0 Å². The number of aryl methyl sites for hydroxylation is 1. The smallest absolute Gasteiger partial charge is 0.220 e. The van der Waals surface area contributed by atoms with E-state index in [-0.39, 0.29) is 11.3 Å². The van der Waals surface area contributed by atoms with E-state index in [1.807, 2.05) is 19.8 Å². The topological polar surface area (TPSA) is 78.3 Å². The van der Waals surface area contributed by atoms with Gasteiger partial charge in [0.2, 0.25) is 5.91 Å². The lowest BCUT2D eigenvalue weighted by atomic mass is 9.95. The lowest BCUT2D eigenvalue weighted by Crippen LogP contribution is -2.36. The fourth-order valence-electron chi connectivity index (χ4n) is 4.04. The standard InChI is InChI=1S/C28H55N4O3P/c1-6-7-8-9-10-11-12-13-14-15-16-17-18-19-20-21-27(33)29-23-28(3,4)24-34-36(5)35-25-32-22-26(2)30-31-32/h22H,6-21,23-25H2,1-5H3,(H,29,33).